The molecule has 2 amide bonds. The summed E-state index contributed by atoms with van der Waals surface area (Å²) in [6.07, 6.45) is 0. The highest BCUT2D eigenvalue weighted by molar-refractivity contribution is 6.42. The molecule has 0 atom stereocenters. The molecule has 0 fully saturated rings. The summed E-state index contributed by atoms with van der Waals surface area (Å²) in [5.74, 6) is -0.155. The molecule has 7 heteroatoms. The molecule has 5 nitrogen and oxygen atoms in total. The fourth-order valence-corrected chi connectivity index (χ4v) is 2.49. The molecule has 0 aliphatic heterocycles. The first-order valence-corrected chi connectivity index (χ1v) is 8.63. The predicted molar refractivity (Wildman–Crippen MR) is 103 cm³/mol. The molecule has 0 aromatic heterocycles. The van der Waals surface area contributed by atoms with E-state index in [1.165, 1.54) is 17.1 Å². The van der Waals surface area contributed by atoms with Gasteiger partial charge >= 0.3 is 0 Å². The molecule has 0 heterocycles. The van der Waals surface area contributed by atoms with E-state index in [0.29, 0.717) is 21.9 Å². The molecular weight excluding hydrogens is 375 g/mol. The molecule has 0 saturated carbocycles. The molecule has 0 aliphatic rings. The van der Waals surface area contributed by atoms with Crippen LogP contribution in [0.5, 0.6) is 5.75 Å². The molecule has 0 unspecified atom stereocenters. The highest BCUT2D eigenvalue weighted by atomic mass is 35.5. The number of hydrogen-bond acceptors (Lipinski definition) is 3. The van der Waals surface area contributed by atoms with Gasteiger partial charge in [0, 0.05) is 11.1 Å². The van der Waals surface area contributed by atoms with Gasteiger partial charge in [-0.15, -0.1) is 0 Å². The van der Waals surface area contributed by atoms with E-state index in [1.807, 2.05) is 20.8 Å². The molecule has 0 radical (unpaired) electrons. The maximum atomic E-state index is 12.9. The summed E-state index contributed by atoms with van der Waals surface area (Å²) in [7, 11) is 1.55. The minimum absolute atomic E-state index is 0.267. The Labute approximate surface area is 162 Å². The van der Waals surface area contributed by atoms with Gasteiger partial charge in [-0.05, 0) is 63.2 Å². The summed E-state index contributed by atoms with van der Waals surface area (Å²) in [5, 5.41) is 1.91. The standard InChI is InChI=1S/C19H20Cl2N2O3/c1-19(2,3)23(18(25)12-5-8-14(26-4)9-6-12)22-17(24)13-7-10-15(20)16(21)11-13/h5-11H,1-4H3,(H,22,24). The highest BCUT2D eigenvalue weighted by Crippen LogP contribution is 2.23. The third-order valence-electron chi connectivity index (χ3n) is 3.61. The summed E-state index contributed by atoms with van der Waals surface area (Å²) < 4.78 is 5.10. The van der Waals surface area contributed by atoms with Crippen LogP contribution in [-0.2, 0) is 0 Å². The van der Waals surface area contributed by atoms with Crippen LogP contribution in [0.1, 0.15) is 41.5 Å². The van der Waals surface area contributed by atoms with Crippen molar-refractivity contribution in [3.05, 3.63) is 63.6 Å². The van der Waals surface area contributed by atoms with E-state index in [0.717, 1.165) is 0 Å². The van der Waals surface area contributed by atoms with Crippen molar-refractivity contribution >= 4 is 35.0 Å². The minimum Gasteiger partial charge on any atom is -0.497 e. The lowest BCUT2D eigenvalue weighted by Crippen LogP contribution is -2.55. The second-order valence-electron chi connectivity index (χ2n) is 6.61. The van der Waals surface area contributed by atoms with Crippen molar-refractivity contribution in [1.82, 2.24) is 10.4 Å². The molecule has 2 aromatic carbocycles. The fourth-order valence-electron chi connectivity index (χ4n) is 2.19. The Kier molecular flexibility index (Phi) is 6.16. The van der Waals surface area contributed by atoms with E-state index < -0.39 is 11.4 Å². The van der Waals surface area contributed by atoms with Crippen LogP contribution in [0.3, 0.4) is 0 Å². The number of methoxy groups -OCH3 is 1. The summed E-state index contributed by atoms with van der Waals surface area (Å²) >= 11 is 11.8. The van der Waals surface area contributed by atoms with Crippen LogP contribution in [0, 0.1) is 0 Å². The molecule has 1 N–H and O–H groups in total. The largest absolute Gasteiger partial charge is 0.497 e. The van der Waals surface area contributed by atoms with Gasteiger partial charge in [0.1, 0.15) is 5.75 Å². The Bertz CT molecular complexity index is 815. The Hall–Kier alpha value is -2.24. The maximum absolute atomic E-state index is 12.9. The van der Waals surface area contributed by atoms with E-state index in [9.17, 15) is 9.59 Å². The fraction of sp³-hybridized carbons (Fsp3) is 0.263. The zero-order valence-corrected chi connectivity index (χ0v) is 16.5. The molecule has 2 rings (SSSR count). The van der Waals surface area contributed by atoms with Crippen molar-refractivity contribution in [1.29, 1.82) is 0 Å². The van der Waals surface area contributed by atoms with Crippen molar-refractivity contribution in [3.63, 3.8) is 0 Å². The molecule has 0 spiro atoms. The smallest absolute Gasteiger partial charge is 0.272 e. The van der Waals surface area contributed by atoms with Crippen molar-refractivity contribution < 1.29 is 14.3 Å². The zero-order chi connectivity index (χ0) is 19.5. The molecular formula is C19H20Cl2N2O3. The van der Waals surface area contributed by atoms with Gasteiger partial charge in [-0.25, -0.2) is 5.01 Å². The van der Waals surface area contributed by atoms with Gasteiger partial charge in [0.25, 0.3) is 11.8 Å². The van der Waals surface area contributed by atoms with Gasteiger partial charge in [-0.2, -0.15) is 0 Å². The molecule has 2 aromatic rings. The normalized spacial score (nSPS) is 11.0. The molecule has 26 heavy (non-hydrogen) atoms. The van der Waals surface area contributed by atoms with Crippen LogP contribution in [0.15, 0.2) is 42.5 Å². The number of benzene rings is 2. The number of hydrogen-bond donors (Lipinski definition) is 1. The number of carbonyl (C=O) groups is 2. The highest BCUT2D eigenvalue weighted by Gasteiger charge is 2.29. The minimum atomic E-state index is -0.650. The Morgan fingerprint density at radius 3 is 2.04 bits per heavy atom. The molecule has 0 saturated heterocycles. The van der Waals surface area contributed by atoms with Gasteiger partial charge in [0.15, 0.2) is 0 Å². The number of ether oxygens (including phenoxy) is 1. The quantitative estimate of drug-likeness (QED) is 0.774. The van der Waals surface area contributed by atoms with Gasteiger partial charge < -0.3 is 4.74 Å². The average molecular weight is 395 g/mol. The third-order valence-corrected chi connectivity index (χ3v) is 4.35. The Balaban J connectivity index is 2.27. The van der Waals surface area contributed by atoms with E-state index >= 15 is 0 Å². The number of carbonyl (C=O) groups excluding carboxylic acids is 2. The lowest BCUT2D eigenvalue weighted by Gasteiger charge is -2.35. The topological polar surface area (TPSA) is 58.6 Å². The number of hydrazine groups is 1. The van der Waals surface area contributed by atoms with Gasteiger partial charge in [-0.1, -0.05) is 23.2 Å². The molecule has 0 bridgehead atoms. The molecule has 0 aliphatic carbocycles. The summed E-state index contributed by atoms with van der Waals surface area (Å²) in [6.45, 7) is 5.47. The number of halogens is 2. The Morgan fingerprint density at radius 1 is 0.962 bits per heavy atom. The first-order chi connectivity index (χ1) is 12.1. The van der Waals surface area contributed by atoms with Crippen LogP contribution >= 0.6 is 23.2 Å². The lowest BCUT2D eigenvalue weighted by atomic mass is 10.1. The van der Waals surface area contributed by atoms with Crippen molar-refractivity contribution in [3.8, 4) is 5.75 Å². The van der Waals surface area contributed by atoms with Crippen LogP contribution in [0.25, 0.3) is 0 Å². The average Bonchev–Trinajstić information content (AvgIpc) is 2.60. The summed E-state index contributed by atoms with van der Waals surface area (Å²) in [5.41, 5.74) is 2.74. The van der Waals surface area contributed by atoms with E-state index in [4.69, 9.17) is 27.9 Å². The van der Waals surface area contributed by atoms with Gasteiger partial charge in [0.05, 0.1) is 22.7 Å². The van der Waals surface area contributed by atoms with Crippen molar-refractivity contribution in [2.45, 2.75) is 26.3 Å². The maximum Gasteiger partial charge on any atom is 0.272 e. The van der Waals surface area contributed by atoms with Gasteiger partial charge in [0.2, 0.25) is 0 Å². The van der Waals surface area contributed by atoms with Crippen LogP contribution in [-0.4, -0.2) is 29.5 Å². The molecule has 138 valence electrons. The number of rotatable bonds is 3. The first kappa shape index (κ1) is 20.1. The third kappa shape index (κ3) is 4.68. The second-order valence-corrected chi connectivity index (χ2v) is 7.42. The lowest BCUT2D eigenvalue weighted by molar-refractivity contribution is 0.0358. The predicted octanol–water partition coefficient (Wildman–Crippen LogP) is 4.59. The number of nitrogens with one attached hydrogen (secondary N) is 1. The monoisotopic (exact) mass is 394 g/mol. The van der Waals surface area contributed by atoms with Gasteiger partial charge in [-0.3, -0.25) is 15.0 Å². The number of amides is 2. The van der Waals surface area contributed by atoms with Crippen molar-refractivity contribution in [2.24, 2.45) is 0 Å². The second kappa shape index (κ2) is 7.98. The van der Waals surface area contributed by atoms with E-state index in [1.54, 1.807) is 37.4 Å². The van der Waals surface area contributed by atoms with Crippen molar-refractivity contribution in [2.75, 3.05) is 7.11 Å². The summed E-state index contributed by atoms with van der Waals surface area (Å²) in [6, 6.07) is 11.2. The Morgan fingerprint density at radius 2 is 1.54 bits per heavy atom. The SMILES string of the molecule is COc1ccc(C(=O)N(NC(=O)c2ccc(Cl)c(Cl)c2)C(C)(C)C)cc1. The number of nitrogens with zero attached hydrogens (tertiary/aromatic N) is 1. The van der Waals surface area contributed by atoms with E-state index in [2.05, 4.69) is 5.43 Å². The van der Waals surface area contributed by atoms with Crippen LogP contribution in [0.2, 0.25) is 10.0 Å². The van der Waals surface area contributed by atoms with E-state index in [-0.39, 0.29) is 10.9 Å². The first-order valence-electron chi connectivity index (χ1n) is 7.88. The summed E-state index contributed by atoms with van der Waals surface area (Å²) in [4.78, 5) is 25.5. The van der Waals surface area contributed by atoms with Crippen LogP contribution in [0.4, 0.5) is 0 Å². The van der Waals surface area contributed by atoms with Crippen LogP contribution < -0.4 is 10.2 Å². The zero-order valence-electron chi connectivity index (χ0n) is 15.0.